The van der Waals surface area contributed by atoms with Crippen LogP contribution >= 0.6 is 0 Å². The molecule has 1 N–H and O–H groups in total. The zero-order chi connectivity index (χ0) is 19.0. The highest BCUT2D eigenvalue weighted by Crippen LogP contribution is 2.38. The summed E-state index contributed by atoms with van der Waals surface area (Å²) in [6, 6.07) is 7.19. The van der Waals surface area contributed by atoms with Gasteiger partial charge in [0.25, 0.3) is 0 Å². The molecule has 1 aromatic rings. The number of halogens is 1. The van der Waals surface area contributed by atoms with E-state index >= 15 is 0 Å². The molecule has 2 amide bonds. The van der Waals surface area contributed by atoms with E-state index in [1.807, 2.05) is 6.07 Å². The molecule has 0 bridgehead atoms. The monoisotopic (exact) mass is 369 g/mol. The summed E-state index contributed by atoms with van der Waals surface area (Å²) in [4.78, 5) is 27.7. The van der Waals surface area contributed by atoms with Crippen LogP contribution in [-0.2, 0) is 22.6 Å². The molecule has 0 radical (unpaired) electrons. The van der Waals surface area contributed by atoms with Crippen molar-refractivity contribution in [2.24, 2.45) is 11.8 Å². The number of fused-ring (bicyclic) bond motifs is 1. The third kappa shape index (κ3) is 3.43. The first kappa shape index (κ1) is 18.0. The molecule has 5 nitrogen and oxygen atoms in total. The van der Waals surface area contributed by atoms with Crippen molar-refractivity contribution in [1.29, 1.82) is 5.26 Å². The van der Waals surface area contributed by atoms with Gasteiger partial charge in [-0.15, -0.1) is 0 Å². The van der Waals surface area contributed by atoms with Crippen molar-refractivity contribution in [2.45, 2.75) is 57.0 Å². The summed E-state index contributed by atoms with van der Waals surface area (Å²) in [5, 5.41) is 12.1. The Balaban J connectivity index is 1.48. The Kier molecular flexibility index (Phi) is 4.63. The van der Waals surface area contributed by atoms with Crippen molar-refractivity contribution in [3.8, 4) is 6.07 Å². The fourth-order valence-corrected chi connectivity index (χ4v) is 4.44. The van der Waals surface area contributed by atoms with Crippen LogP contribution in [0.1, 0.15) is 49.7 Å². The minimum atomic E-state index is -0.705. The van der Waals surface area contributed by atoms with Crippen LogP contribution in [0.3, 0.4) is 0 Å². The van der Waals surface area contributed by atoms with Crippen LogP contribution < -0.4 is 5.32 Å². The molecule has 2 saturated carbocycles. The van der Waals surface area contributed by atoms with E-state index in [9.17, 15) is 19.2 Å². The molecule has 0 saturated heterocycles. The molecule has 1 aromatic carbocycles. The van der Waals surface area contributed by atoms with Gasteiger partial charge in [0.2, 0.25) is 11.8 Å². The summed E-state index contributed by atoms with van der Waals surface area (Å²) in [6.45, 7) is 0.888. The number of nitriles is 1. The number of carbonyl (C=O) groups excluding carboxylic acids is 2. The van der Waals surface area contributed by atoms with Crippen molar-refractivity contribution in [3.63, 3.8) is 0 Å². The Hall–Kier alpha value is -2.42. The summed E-state index contributed by atoms with van der Waals surface area (Å²) in [7, 11) is 0. The number of nitrogens with one attached hydrogen (secondary N) is 1. The first-order valence-electron chi connectivity index (χ1n) is 9.81. The predicted octanol–water partition coefficient (Wildman–Crippen LogP) is 2.69. The lowest BCUT2D eigenvalue weighted by Gasteiger charge is -2.36. The summed E-state index contributed by atoms with van der Waals surface area (Å²) in [5.74, 6) is -1.09. The average molecular weight is 369 g/mol. The fraction of sp³-hybridized carbons (Fsp3) is 0.571. The number of benzene rings is 1. The molecular weight excluding hydrogens is 345 g/mol. The van der Waals surface area contributed by atoms with Crippen LogP contribution in [0, 0.1) is 29.0 Å². The average Bonchev–Trinajstić information content (AvgIpc) is 3.47. The Morgan fingerprint density at radius 2 is 1.96 bits per heavy atom. The van der Waals surface area contributed by atoms with Crippen LogP contribution in [0.4, 0.5) is 4.39 Å². The number of amides is 2. The Morgan fingerprint density at radius 3 is 2.67 bits per heavy atom. The topological polar surface area (TPSA) is 73.2 Å². The van der Waals surface area contributed by atoms with E-state index in [-0.39, 0.29) is 29.5 Å². The highest BCUT2D eigenvalue weighted by atomic mass is 19.1. The van der Waals surface area contributed by atoms with Crippen molar-refractivity contribution < 1.29 is 14.0 Å². The maximum atomic E-state index is 13.9. The van der Waals surface area contributed by atoms with E-state index in [1.165, 1.54) is 6.07 Å². The van der Waals surface area contributed by atoms with Crippen molar-refractivity contribution in [2.75, 3.05) is 6.54 Å². The van der Waals surface area contributed by atoms with Gasteiger partial charge in [0.15, 0.2) is 0 Å². The highest BCUT2D eigenvalue weighted by molar-refractivity contribution is 5.88. The van der Waals surface area contributed by atoms with Gasteiger partial charge in [0.1, 0.15) is 11.4 Å². The van der Waals surface area contributed by atoms with Gasteiger partial charge in [-0.1, -0.05) is 25.0 Å². The van der Waals surface area contributed by atoms with Gasteiger partial charge < -0.3 is 10.2 Å². The zero-order valence-electron chi connectivity index (χ0n) is 15.3. The normalized spacial score (nSPS) is 25.9. The summed E-state index contributed by atoms with van der Waals surface area (Å²) in [6.07, 6.45) is 5.13. The molecule has 0 spiro atoms. The number of nitrogens with zero attached hydrogens (tertiary/aromatic N) is 2. The summed E-state index contributed by atoms with van der Waals surface area (Å²) >= 11 is 0. The maximum absolute atomic E-state index is 13.9. The molecule has 27 heavy (non-hydrogen) atoms. The van der Waals surface area contributed by atoms with Gasteiger partial charge in [0, 0.05) is 24.9 Å². The van der Waals surface area contributed by atoms with Crippen LogP contribution in [-0.4, -0.2) is 28.8 Å². The first-order valence-corrected chi connectivity index (χ1v) is 9.81. The van der Waals surface area contributed by atoms with E-state index < -0.39 is 5.54 Å². The lowest BCUT2D eigenvalue weighted by atomic mass is 9.77. The molecule has 6 heteroatoms. The Morgan fingerprint density at radius 1 is 1.22 bits per heavy atom. The molecule has 2 unspecified atom stereocenters. The lowest BCUT2D eigenvalue weighted by Crippen LogP contribution is -2.48. The Labute approximate surface area is 158 Å². The van der Waals surface area contributed by atoms with Crippen LogP contribution in [0.5, 0.6) is 0 Å². The quantitative estimate of drug-likeness (QED) is 0.890. The predicted molar refractivity (Wildman–Crippen MR) is 96.7 cm³/mol. The van der Waals surface area contributed by atoms with Crippen molar-refractivity contribution in [3.05, 3.63) is 35.1 Å². The summed E-state index contributed by atoms with van der Waals surface area (Å²) in [5.41, 5.74) is 0.848. The van der Waals surface area contributed by atoms with Crippen molar-refractivity contribution in [1.82, 2.24) is 10.2 Å². The SMILES string of the molecule is N#CC1(NC(=O)C2CCCCC2C(=O)N2CCc3c(F)cccc3C2)CC1. The summed E-state index contributed by atoms with van der Waals surface area (Å²) < 4.78 is 13.9. The zero-order valence-corrected chi connectivity index (χ0v) is 15.3. The van der Waals surface area contributed by atoms with Gasteiger partial charge >= 0.3 is 0 Å². The second-order valence-corrected chi connectivity index (χ2v) is 8.07. The van der Waals surface area contributed by atoms with E-state index in [4.69, 9.17) is 0 Å². The third-order valence-corrected chi connectivity index (χ3v) is 6.27. The smallest absolute Gasteiger partial charge is 0.226 e. The van der Waals surface area contributed by atoms with Crippen molar-refractivity contribution >= 4 is 11.8 Å². The molecule has 4 rings (SSSR count). The molecule has 2 aliphatic carbocycles. The Bertz CT molecular complexity index is 812. The van der Waals surface area contributed by atoms with Crippen LogP contribution in [0.15, 0.2) is 18.2 Å². The second-order valence-electron chi connectivity index (χ2n) is 8.07. The van der Waals surface area contributed by atoms with Gasteiger partial charge in [-0.25, -0.2) is 4.39 Å². The molecule has 0 aromatic heterocycles. The minimum Gasteiger partial charge on any atom is -0.338 e. The molecule has 1 heterocycles. The fourth-order valence-electron chi connectivity index (χ4n) is 4.44. The van der Waals surface area contributed by atoms with Gasteiger partial charge in [-0.3, -0.25) is 9.59 Å². The molecule has 2 fully saturated rings. The second kappa shape index (κ2) is 6.95. The van der Waals surface area contributed by atoms with Crippen LogP contribution in [0.25, 0.3) is 0 Å². The standard InChI is InChI=1S/C21H24FN3O2/c22-18-7-3-4-14-12-25(11-8-15(14)18)20(27)17-6-2-1-5-16(17)19(26)24-21(13-23)9-10-21/h3-4,7,16-17H,1-2,5-6,8-12H2,(H,24,26). The molecule has 1 aliphatic heterocycles. The molecule has 3 aliphatic rings. The van der Waals surface area contributed by atoms with E-state index in [2.05, 4.69) is 11.4 Å². The molecule has 142 valence electrons. The number of carbonyl (C=O) groups is 2. The van der Waals surface area contributed by atoms with E-state index in [0.717, 1.165) is 18.4 Å². The van der Waals surface area contributed by atoms with Crippen LogP contribution in [0.2, 0.25) is 0 Å². The van der Waals surface area contributed by atoms with Gasteiger partial charge in [0.05, 0.1) is 6.07 Å². The number of hydrogen-bond acceptors (Lipinski definition) is 3. The molecule has 2 atom stereocenters. The maximum Gasteiger partial charge on any atom is 0.226 e. The van der Waals surface area contributed by atoms with E-state index in [0.29, 0.717) is 50.8 Å². The van der Waals surface area contributed by atoms with Gasteiger partial charge in [-0.05, 0) is 49.3 Å². The minimum absolute atomic E-state index is 0.00781. The van der Waals surface area contributed by atoms with E-state index in [1.54, 1.807) is 11.0 Å². The van der Waals surface area contributed by atoms with Gasteiger partial charge in [-0.2, -0.15) is 5.26 Å². The highest BCUT2D eigenvalue weighted by Gasteiger charge is 2.47. The molecular formula is C21H24FN3O2. The lowest BCUT2D eigenvalue weighted by molar-refractivity contribution is -0.144. The largest absolute Gasteiger partial charge is 0.338 e. The third-order valence-electron chi connectivity index (χ3n) is 6.27. The first-order chi connectivity index (χ1) is 13.0. The number of hydrogen-bond donors (Lipinski definition) is 1. The number of rotatable bonds is 3.